The Balaban J connectivity index is 2.05. The van der Waals surface area contributed by atoms with E-state index >= 15 is 0 Å². The summed E-state index contributed by atoms with van der Waals surface area (Å²) in [6, 6.07) is 15.6. The Bertz CT molecular complexity index is 620. The summed E-state index contributed by atoms with van der Waals surface area (Å²) in [7, 11) is 1.63. The summed E-state index contributed by atoms with van der Waals surface area (Å²) in [6.07, 6.45) is 1.41. The first-order valence-corrected chi connectivity index (χ1v) is 7.65. The first-order valence-electron chi connectivity index (χ1n) is 7.65. The molecule has 0 aliphatic carbocycles. The highest BCUT2D eigenvalue weighted by Crippen LogP contribution is 2.26. The standard InChI is InChI=1S/C19H23NO2/c1-4-14(2)17-7-5-6-8-18(17)20-19(21)13-15-9-11-16(22-3)12-10-15/h5-12,14H,4,13H2,1-3H3,(H,20,21)/t14-/m0/s1. The lowest BCUT2D eigenvalue weighted by molar-refractivity contribution is -0.115. The third-order valence-corrected chi connectivity index (χ3v) is 3.90. The Morgan fingerprint density at radius 1 is 1.14 bits per heavy atom. The molecule has 2 aromatic rings. The Hall–Kier alpha value is -2.29. The molecule has 2 aromatic carbocycles. The van der Waals surface area contributed by atoms with E-state index in [1.807, 2.05) is 42.5 Å². The van der Waals surface area contributed by atoms with Crippen LogP contribution < -0.4 is 10.1 Å². The topological polar surface area (TPSA) is 38.3 Å². The van der Waals surface area contributed by atoms with Crippen LogP contribution in [0.3, 0.4) is 0 Å². The van der Waals surface area contributed by atoms with Gasteiger partial charge in [-0.05, 0) is 41.7 Å². The maximum absolute atomic E-state index is 12.3. The smallest absolute Gasteiger partial charge is 0.228 e. The van der Waals surface area contributed by atoms with Crippen LogP contribution in [0.1, 0.15) is 37.3 Å². The lowest BCUT2D eigenvalue weighted by Gasteiger charge is -2.15. The summed E-state index contributed by atoms with van der Waals surface area (Å²) in [5.41, 5.74) is 3.07. The second-order valence-electron chi connectivity index (χ2n) is 5.47. The first kappa shape index (κ1) is 16.1. The summed E-state index contributed by atoms with van der Waals surface area (Å²) >= 11 is 0. The van der Waals surface area contributed by atoms with Crippen LogP contribution in [0.2, 0.25) is 0 Å². The van der Waals surface area contributed by atoms with Crippen molar-refractivity contribution in [3.8, 4) is 5.75 Å². The molecule has 0 unspecified atom stereocenters. The highest BCUT2D eigenvalue weighted by atomic mass is 16.5. The van der Waals surface area contributed by atoms with Crippen LogP contribution in [0.4, 0.5) is 5.69 Å². The lowest BCUT2D eigenvalue weighted by atomic mass is 9.97. The van der Waals surface area contributed by atoms with E-state index in [4.69, 9.17) is 4.74 Å². The Morgan fingerprint density at radius 2 is 1.82 bits per heavy atom. The molecule has 0 aliphatic heterocycles. The number of ether oxygens (including phenoxy) is 1. The summed E-state index contributed by atoms with van der Waals surface area (Å²) in [5.74, 6) is 1.23. The van der Waals surface area contributed by atoms with Gasteiger partial charge in [0, 0.05) is 5.69 Å². The molecule has 0 heterocycles. The fraction of sp³-hybridized carbons (Fsp3) is 0.316. The van der Waals surface area contributed by atoms with Gasteiger partial charge in [-0.3, -0.25) is 4.79 Å². The quantitative estimate of drug-likeness (QED) is 0.858. The van der Waals surface area contributed by atoms with E-state index in [1.165, 1.54) is 5.56 Å². The monoisotopic (exact) mass is 297 g/mol. The molecule has 1 N–H and O–H groups in total. The number of anilines is 1. The van der Waals surface area contributed by atoms with Crippen LogP contribution >= 0.6 is 0 Å². The Labute approximate surface area is 132 Å². The van der Waals surface area contributed by atoms with Gasteiger partial charge in [0.2, 0.25) is 5.91 Å². The fourth-order valence-corrected chi connectivity index (χ4v) is 2.38. The van der Waals surface area contributed by atoms with Crippen molar-refractivity contribution in [2.24, 2.45) is 0 Å². The third kappa shape index (κ3) is 4.10. The summed E-state index contributed by atoms with van der Waals surface area (Å²) in [4.78, 5) is 12.3. The van der Waals surface area contributed by atoms with Gasteiger partial charge in [0.25, 0.3) is 0 Å². The number of benzene rings is 2. The van der Waals surface area contributed by atoms with Crippen molar-refractivity contribution >= 4 is 11.6 Å². The van der Waals surface area contributed by atoms with E-state index in [-0.39, 0.29) is 5.91 Å². The van der Waals surface area contributed by atoms with Gasteiger partial charge in [0.15, 0.2) is 0 Å². The van der Waals surface area contributed by atoms with Crippen LogP contribution in [0.25, 0.3) is 0 Å². The average Bonchev–Trinajstić information content (AvgIpc) is 2.55. The van der Waals surface area contributed by atoms with Crippen molar-refractivity contribution < 1.29 is 9.53 Å². The first-order chi connectivity index (χ1) is 10.6. The largest absolute Gasteiger partial charge is 0.497 e. The molecule has 1 amide bonds. The molecule has 22 heavy (non-hydrogen) atoms. The van der Waals surface area contributed by atoms with Gasteiger partial charge in [-0.1, -0.05) is 44.2 Å². The molecule has 116 valence electrons. The molecule has 0 bridgehead atoms. The molecule has 3 nitrogen and oxygen atoms in total. The zero-order valence-electron chi connectivity index (χ0n) is 13.4. The Morgan fingerprint density at radius 3 is 2.45 bits per heavy atom. The van der Waals surface area contributed by atoms with Crippen molar-refractivity contribution in [2.75, 3.05) is 12.4 Å². The molecular weight excluding hydrogens is 274 g/mol. The molecule has 1 atom stereocenters. The fourth-order valence-electron chi connectivity index (χ4n) is 2.38. The molecule has 0 aromatic heterocycles. The predicted molar refractivity (Wildman–Crippen MR) is 90.5 cm³/mol. The van der Waals surface area contributed by atoms with Crippen LogP contribution in [-0.2, 0) is 11.2 Å². The highest BCUT2D eigenvalue weighted by Gasteiger charge is 2.11. The minimum absolute atomic E-state index is 0.000852. The molecule has 0 fully saturated rings. The zero-order valence-corrected chi connectivity index (χ0v) is 13.4. The average molecular weight is 297 g/mol. The van der Waals surface area contributed by atoms with Gasteiger partial charge in [-0.25, -0.2) is 0 Å². The summed E-state index contributed by atoms with van der Waals surface area (Å²) < 4.78 is 5.12. The molecule has 0 saturated heterocycles. The number of hydrogen-bond acceptors (Lipinski definition) is 2. The molecule has 0 saturated carbocycles. The normalized spacial score (nSPS) is 11.8. The van der Waals surface area contributed by atoms with Gasteiger partial charge in [-0.2, -0.15) is 0 Å². The number of methoxy groups -OCH3 is 1. The van der Waals surface area contributed by atoms with E-state index in [2.05, 4.69) is 25.2 Å². The van der Waals surface area contributed by atoms with Crippen molar-refractivity contribution in [3.05, 3.63) is 59.7 Å². The summed E-state index contributed by atoms with van der Waals surface area (Å²) in [6.45, 7) is 4.33. The van der Waals surface area contributed by atoms with Gasteiger partial charge in [0.05, 0.1) is 13.5 Å². The van der Waals surface area contributed by atoms with Crippen LogP contribution in [-0.4, -0.2) is 13.0 Å². The van der Waals surface area contributed by atoms with Gasteiger partial charge in [-0.15, -0.1) is 0 Å². The lowest BCUT2D eigenvalue weighted by Crippen LogP contribution is -2.16. The number of amides is 1. The number of rotatable bonds is 6. The van der Waals surface area contributed by atoms with Crippen LogP contribution in [0.15, 0.2) is 48.5 Å². The van der Waals surface area contributed by atoms with Gasteiger partial charge >= 0.3 is 0 Å². The number of nitrogens with one attached hydrogen (secondary N) is 1. The summed E-state index contributed by atoms with van der Waals surface area (Å²) in [5, 5.41) is 3.03. The number of carbonyl (C=O) groups excluding carboxylic acids is 1. The van der Waals surface area contributed by atoms with Crippen molar-refractivity contribution in [3.63, 3.8) is 0 Å². The van der Waals surface area contributed by atoms with E-state index in [0.29, 0.717) is 12.3 Å². The van der Waals surface area contributed by atoms with Crippen LogP contribution in [0.5, 0.6) is 5.75 Å². The van der Waals surface area contributed by atoms with Crippen molar-refractivity contribution in [1.82, 2.24) is 0 Å². The predicted octanol–water partition coefficient (Wildman–Crippen LogP) is 4.39. The SMILES string of the molecule is CC[C@H](C)c1ccccc1NC(=O)Cc1ccc(OC)cc1. The molecular formula is C19H23NO2. The molecule has 0 radical (unpaired) electrons. The molecule has 3 heteroatoms. The highest BCUT2D eigenvalue weighted by molar-refractivity contribution is 5.93. The van der Waals surface area contributed by atoms with E-state index in [9.17, 15) is 4.79 Å². The van der Waals surface area contributed by atoms with Crippen molar-refractivity contribution in [1.29, 1.82) is 0 Å². The number of para-hydroxylation sites is 1. The maximum atomic E-state index is 12.3. The zero-order chi connectivity index (χ0) is 15.9. The van der Waals surface area contributed by atoms with Crippen molar-refractivity contribution in [2.45, 2.75) is 32.6 Å². The third-order valence-electron chi connectivity index (χ3n) is 3.90. The molecule has 2 rings (SSSR count). The van der Waals surface area contributed by atoms with E-state index in [0.717, 1.165) is 23.4 Å². The van der Waals surface area contributed by atoms with Gasteiger partial charge in [0.1, 0.15) is 5.75 Å². The molecule has 0 spiro atoms. The second kappa shape index (κ2) is 7.64. The number of hydrogen-bond donors (Lipinski definition) is 1. The minimum Gasteiger partial charge on any atom is -0.497 e. The minimum atomic E-state index is 0.000852. The number of carbonyl (C=O) groups is 1. The Kier molecular flexibility index (Phi) is 5.59. The second-order valence-corrected chi connectivity index (χ2v) is 5.47. The van der Waals surface area contributed by atoms with E-state index in [1.54, 1.807) is 7.11 Å². The van der Waals surface area contributed by atoms with E-state index < -0.39 is 0 Å². The van der Waals surface area contributed by atoms with Crippen LogP contribution in [0, 0.1) is 0 Å². The van der Waals surface area contributed by atoms with Gasteiger partial charge < -0.3 is 10.1 Å². The maximum Gasteiger partial charge on any atom is 0.228 e. The molecule has 0 aliphatic rings.